The molecule has 14 heavy (non-hydrogen) atoms. The third-order valence-corrected chi connectivity index (χ3v) is 4.99. The Hall–Kier alpha value is 0.0200. The van der Waals surface area contributed by atoms with Crippen LogP contribution in [0.5, 0.6) is 0 Å². The van der Waals surface area contributed by atoms with Crippen molar-refractivity contribution in [3.8, 4) is 0 Å². The summed E-state index contributed by atoms with van der Waals surface area (Å²) in [5.41, 5.74) is 5.13. The first-order chi connectivity index (χ1) is 6.37. The molecule has 0 aromatic carbocycles. The van der Waals surface area contributed by atoms with Crippen LogP contribution in [-0.2, 0) is 20.8 Å². The molecule has 0 spiro atoms. The average Bonchev–Trinajstić information content (AvgIpc) is 2.07. The lowest BCUT2D eigenvalue weighted by Gasteiger charge is -2.34. The predicted octanol–water partition coefficient (Wildman–Crippen LogP) is -1.24. The van der Waals surface area contributed by atoms with E-state index < -0.39 is 26.2 Å². The standard InChI is InChI=1S/C7H16N2O3S2/c8-5-7(6-14(9,11)12)1-3-13(10)4-2-7/h1-6,8H2,(H2,9,11,12). The van der Waals surface area contributed by atoms with E-state index in [1.165, 1.54) is 0 Å². The van der Waals surface area contributed by atoms with E-state index >= 15 is 0 Å². The lowest BCUT2D eigenvalue weighted by molar-refractivity contribution is 0.307. The second-order valence-electron chi connectivity index (χ2n) is 3.86. The van der Waals surface area contributed by atoms with Gasteiger partial charge in [-0.25, -0.2) is 13.6 Å². The molecule has 0 atom stereocenters. The molecule has 0 aromatic rings. The van der Waals surface area contributed by atoms with Gasteiger partial charge in [0, 0.05) is 22.3 Å². The van der Waals surface area contributed by atoms with Gasteiger partial charge in [0.25, 0.3) is 0 Å². The number of nitrogens with two attached hydrogens (primary N) is 2. The Labute approximate surface area is 86.7 Å². The fraction of sp³-hybridized carbons (Fsp3) is 1.00. The van der Waals surface area contributed by atoms with Crippen LogP contribution >= 0.6 is 0 Å². The van der Waals surface area contributed by atoms with Crippen molar-refractivity contribution in [3.63, 3.8) is 0 Å². The van der Waals surface area contributed by atoms with Crippen LogP contribution < -0.4 is 10.9 Å². The molecule has 0 aromatic heterocycles. The topological polar surface area (TPSA) is 103 Å². The van der Waals surface area contributed by atoms with Crippen LogP contribution in [0.1, 0.15) is 12.8 Å². The van der Waals surface area contributed by atoms with Crippen LogP contribution in [0.2, 0.25) is 0 Å². The van der Waals surface area contributed by atoms with Gasteiger partial charge in [0.1, 0.15) is 0 Å². The van der Waals surface area contributed by atoms with Crippen LogP contribution in [-0.4, -0.2) is 36.4 Å². The Morgan fingerprint density at radius 3 is 2.14 bits per heavy atom. The zero-order chi connectivity index (χ0) is 10.8. The molecule has 0 amide bonds. The van der Waals surface area contributed by atoms with E-state index in [2.05, 4.69) is 0 Å². The average molecular weight is 240 g/mol. The first-order valence-corrected chi connectivity index (χ1v) is 7.63. The van der Waals surface area contributed by atoms with Gasteiger partial charge in [-0.15, -0.1) is 0 Å². The molecule has 0 saturated carbocycles. The van der Waals surface area contributed by atoms with Gasteiger partial charge in [-0.2, -0.15) is 0 Å². The maximum Gasteiger partial charge on any atom is 0.209 e. The maximum absolute atomic E-state index is 11.1. The summed E-state index contributed by atoms with van der Waals surface area (Å²) >= 11 is 0. The van der Waals surface area contributed by atoms with E-state index in [4.69, 9.17) is 10.9 Å². The van der Waals surface area contributed by atoms with Gasteiger partial charge < -0.3 is 5.73 Å². The molecule has 7 heteroatoms. The minimum absolute atomic E-state index is 0.0896. The third-order valence-electron chi connectivity index (χ3n) is 2.66. The van der Waals surface area contributed by atoms with Crippen LogP contribution in [0.4, 0.5) is 0 Å². The second-order valence-corrected chi connectivity index (χ2v) is 7.17. The summed E-state index contributed by atoms with van der Waals surface area (Å²) in [5, 5.41) is 5.00. The predicted molar refractivity (Wildman–Crippen MR) is 56.6 cm³/mol. The van der Waals surface area contributed by atoms with Crippen molar-refractivity contribution in [2.24, 2.45) is 16.3 Å². The highest BCUT2D eigenvalue weighted by Gasteiger charge is 2.36. The van der Waals surface area contributed by atoms with Crippen molar-refractivity contribution < 1.29 is 12.6 Å². The van der Waals surface area contributed by atoms with Crippen molar-refractivity contribution in [2.45, 2.75) is 12.8 Å². The molecular weight excluding hydrogens is 224 g/mol. The van der Waals surface area contributed by atoms with E-state index in [9.17, 15) is 12.6 Å². The molecule has 1 aliphatic heterocycles. The number of hydrogen-bond acceptors (Lipinski definition) is 4. The van der Waals surface area contributed by atoms with Crippen LogP contribution in [0, 0.1) is 5.41 Å². The molecule has 1 aliphatic rings. The molecule has 1 rings (SSSR count). The largest absolute Gasteiger partial charge is 0.330 e. The Bertz CT molecular complexity index is 316. The van der Waals surface area contributed by atoms with E-state index in [1.54, 1.807) is 0 Å². The summed E-state index contributed by atoms with van der Waals surface area (Å²) in [6.45, 7) is 0.292. The summed E-state index contributed by atoms with van der Waals surface area (Å²) in [5.74, 6) is 0.979. The third kappa shape index (κ3) is 3.30. The highest BCUT2D eigenvalue weighted by molar-refractivity contribution is 7.89. The Morgan fingerprint density at radius 2 is 1.79 bits per heavy atom. The summed E-state index contributed by atoms with van der Waals surface area (Å²) < 4.78 is 33.1. The first-order valence-electron chi connectivity index (χ1n) is 4.42. The van der Waals surface area contributed by atoms with E-state index in [-0.39, 0.29) is 5.75 Å². The van der Waals surface area contributed by atoms with Crippen LogP contribution in [0.15, 0.2) is 0 Å². The van der Waals surface area contributed by atoms with Crippen molar-refractivity contribution in [3.05, 3.63) is 0 Å². The van der Waals surface area contributed by atoms with Gasteiger partial charge in [-0.3, -0.25) is 4.21 Å². The van der Waals surface area contributed by atoms with Gasteiger partial charge in [0.2, 0.25) is 10.0 Å². The van der Waals surface area contributed by atoms with E-state index in [0.29, 0.717) is 30.9 Å². The van der Waals surface area contributed by atoms with Crippen molar-refractivity contribution in [1.29, 1.82) is 0 Å². The Morgan fingerprint density at radius 1 is 1.29 bits per heavy atom. The summed E-state index contributed by atoms with van der Waals surface area (Å²) in [4.78, 5) is 0. The van der Waals surface area contributed by atoms with E-state index in [1.807, 2.05) is 0 Å². The Kier molecular flexibility index (Phi) is 3.68. The molecule has 1 heterocycles. The summed E-state index contributed by atoms with van der Waals surface area (Å²) in [7, 11) is -4.30. The number of primary sulfonamides is 1. The smallest absolute Gasteiger partial charge is 0.209 e. The maximum atomic E-state index is 11.1. The monoisotopic (exact) mass is 240 g/mol. The normalized spacial score (nSPS) is 34.3. The van der Waals surface area contributed by atoms with Crippen molar-refractivity contribution in [1.82, 2.24) is 0 Å². The highest BCUT2D eigenvalue weighted by atomic mass is 32.2. The summed E-state index contributed by atoms with van der Waals surface area (Å²) in [6.07, 6.45) is 1.18. The molecule has 5 nitrogen and oxygen atoms in total. The van der Waals surface area contributed by atoms with Gasteiger partial charge in [-0.1, -0.05) is 0 Å². The molecule has 0 bridgehead atoms. The number of rotatable bonds is 3. The molecular formula is C7H16N2O3S2. The fourth-order valence-corrected chi connectivity index (χ4v) is 4.51. The molecule has 0 unspecified atom stereocenters. The zero-order valence-corrected chi connectivity index (χ0v) is 9.57. The SMILES string of the molecule is NCC1(CS(N)(=O)=O)CCS(=O)CC1. The molecule has 1 fully saturated rings. The molecule has 4 N–H and O–H groups in total. The van der Waals surface area contributed by atoms with Gasteiger partial charge >= 0.3 is 0 Å². The molecule has 1 saturated heterocycles. The molecule has 0 radical (unpaired) electrons. The lowest BCUT2D eigenvalue weighted by atomic mass is 9.84. The quantitative estimate of drug-likeness (QED) is 0.644. The minimum atomic E-state index is -3.49. The van der Waals surface area contributed by atoms with Gasteiger partial charge in [0.05, 0.1) is 5.75 Å². The van der Waals surface area contributed by atoms with Gasteiger partial charge in [-0.05, 0) is 24.8 Å². The molecule has 0 aliphatic carbocycles. The van der Waals surface area contributed by atoms with Gasteiger partial charge in [0.15, 0.2) is 0 Å². The number of hydrogen-bond donors (Lipinski definition) is 2. The highest BCUT2D eigenvalue weighted by Crippen LogP contribution is 2.31. The Balaban J connectivity index is 2.73. The van der Waals surface area contributed by atoms with E-state index in [0.717, 1.165) is 0 Å². The van der Waals surface area contributed by atoms with Crippen molar-refractivity contribution in [2.75, 3.05) is 23.8 Å². The second kappa shape index (κ2) is 4.26. The number of sulfonamides is 1. The van der Waals surface area contributed by atoms with Crippen LogP contribution in [0.3, 0.4) is 0 Å². The lowest BCUT2D eigenvalue weighted by Crippen LogP contribution is -2.44. The fourth-order valence-electron chi connectivity index (χ4n) is 1.72. The summed E-state index contributed by atoms with van der Waals surface area (Å²) in [6, 6.07) is 0. The minimum Gasteiger partial charge on any atom is -0.330 e. The van der Waals surface area contributed by atoms with Crippen LogP contribution in [0.25, 0.3) is 0 Å². The molecule has 84 valence electrons. The van der Waals surface area contributed by atoms with Crippen molar-refractivity contribution >= 4 is 20.8 Å². The first kappa shape index (κ1) is 12.1. The zero-order valence-electron chi connectivity index (χ0n) is 7.94.